The van der Waals surface area contributed by atoms with Gasteiger partial charge in [0.1, 0.15) is 11.3 Å². The van der Waals surface area contributed by atoms with E-state index in [0.29, 0.717) is 22.6 Å². The van der Waals surface area contributed by atoms with Crippen molar-refractivity contribution in [2.45, 2.75) is 19.4 Å². The minimum atomic E-state index is -0.377. The smallest absolute Gasteiger partial charge is 0.340 e. The molecule has 0 N–H and O–H groups in total. The predicted octanol–water partition coefficient (Wildman–Crippen LogP) is 3.01. The summed E-state index contributed by atoms with van der Waals surface area (Å²) in [7, 11) is 0. The van der Waals surface area contributed by atoms with E-state index >= 15 is 0 Å². The van der Waals surface area contributed by atoms with E-state index in [0.717, 1.165) is 0 Å². The summed E-state index contributed by atoms with van der Waals surface area (Å²) < 4.78 is 5.09. The van der Waals surface area contributed by atoms with E-state index in [4.69, 9.17) is 27.9 Å². The molecule has 2 heterocycles. The molecule has 0 aliphatic carbocycles. The van der Waals surface area contributed by atoms with Gasteiger partial charge in [-0.05, 0) is 6.42 Å². The number of pyridine rings is 1. The van der Waals surface area contributed by atoms with E-state index in [2.05, 4.69) is 4.98 Å². The fraction of sp³-hybridized carbons (Fsp3) is 0.333. The molecule has 1 aliphatic heterocycles. The van der Waals surface area contributed by atoms with Crippen LogP contribution in [0.15, 0.2) is 6.20 Å². The van der Waals surface area contributed by atoms with Gasteiger partial charge < -0.3 is 4.74 Å². The van der Waals surface area contributed by atoms with Crippen LogP contribution in [-0.2, 0) is 4.74 Å². The van der Waals surface area contributed by atoms with Gasteiger partial charge in [-0.1, -0.05) is 30.1 Å². The van der Waals surface area contributed by atoms with Crippen molar-refractivity contribution in [1.82, 2.24) is 4.98 Å². The number of rotatable bonds is 1. The second-order valence-electron chi connectivity index (χ2n) is 2.99. The van der Waals surface area contributed by atoms with Gasteiger partial charge in [-0.3, -0.25) is 0 Å². The summed E-state index contributed by atoms with van der Waals surface area (Å²) in [4.78, 5) is 15.1. The molecule has 0 spiro atoms. The average molecular weight is 232 g/mol. The number of aromatic nitrogens is 1. The standard InChI is InChI=1S/C9H7Cl2NO2/c1-2-5-6-4(9(13)14-5)3-12-8(11)7(6)10/h3,5H,2H2,1H3. The van der Waals surface area contributed by atoms with E-state index in [-0.39, 0.29) is 17.2 Å². The third-order valence-corrected chi connectivity index (χ3v) is 2.94. The molecule has 5 heteroatoms. The third-order valence-electron chi connectivity index (χ3n) is 2.18. The molecule has 0 saturated carbocycles. The van der Waals surface area contributed by atoms with Crippen molar-refractivity contribution in [1.29, 1.82) is 0 Å². The summed E-state index contributed by atoms with van der Waals surface area (Å²) in [5.41, 5.74) is 1.09. The van der Waals surface area contributed by atoms with Crippen LogP contribution in [0.25, 0.3) is 0 Å². The molecular weight excluding hydrogens is 225 g/mol. The number of nitrogens with zero attached hydrogens (tertiary/aromatic N) is 1. The molecule has 2 rings (SSSR count). The number of fused-ring (bicyclic) bond motifs is 1. The zero-order valence-electron chi connectivity index (χ0n) is 7.38. The number of carbonyl (C=O) groups excluding carboxylic acids is 1. The van der Waals surface area contributed by atoms with Crippen LogP contribution in [0.5, 0.6) is 0 Å². The molecule has 0 saturated heterocycles. The van der Waals surface area contributed by atoms with Crippen molar-refractivity contribution in [3.05, 3.63) is 27.5 Å². The van der Waals surface area contributed by atoms with Gasteiger partial charge in [-0.2, -0.15) is 0 Å². The molecule has 74 valence electrons. The summed E-state index contributed by atoms with van der Waals surface area (Å²) >= 11 is 11.7. The van der Waals surface area contributed by atoms with Crippen LogP contribution in [0.2, 0.25) is 10.2 Å². The van der Waals surface area contributed by atoms with Crippen molar-refractivity contribution in [3.8, 4) is 0 Å². The topological polar surface area (TPSA) is 39.2 Å². The second kappa shape index (κ2) is 3.41. The average Bonchev–Trinajstić information content (AvgIpc) is 2.50. The van der Waals surface area contributed by atoms with Gasteiger partial charge >= 0.3 is 5.97 Å². The highest BCUT2D eigenvalue weighted by atomic mass is 35.5. The van der Waals surface area contributed by atoms with Crippen LogP contribution < -0.4 is 0 Å². The molecule has 0 bridgehead atoms. The van der Waals surface area contributed by atoms with Gasteiger partial charge in [-0.15, -0.1) is 0 Å². The number of esters is 1. The SMILES string of the molecule is CCC1OC(=O)c2cnc(Cl)c(Cl)c21. The minimum absolute atomic E-state index is 0.210. The number of hydrogen-bond donors (Lipinski definition) is 0. The Morgan fingerprint density at radius 1 is 1.57 bits per heavy atom. The summed E-state index contributed by atoms with van der Waals surface area (Å²) in [5, 5.41) is 0.532. The van der Waals surface area contributed by atoms with Gasteiger partial charge in [0.15, 0.2) is 0 Å². The molecule has 0 amide bonds. The van der Waals surface area contributed by atoms with Gasteiger partial charge in [0.25, 0.3) is 0 Å². The quantitative estimate of drug-likeness (QED) is 0.551. The number of cyclic esters (lactones) is 1. The van der Waals surface area contributed by atoms with Crippen molar-refractivity contribution in [2.75, 3.05) is 0 Å². The second-order valence-corrected chi connectivity index (χ2v) is 3.73. The van der Waals surface area contributed by atoms with Crippen LogP contribution in [0.1, 0.15) is 35.4 Å². The molecule has 1 unspecified atom stereocenters. The fourth-order valence-electron chi connectivity index (χ4n) is 1.49. The molecule has 0 fully saturated rings. The zero-order chi connectivity index (χ0) is 10.3. The molecule has 0 radical (unpaired) electrons. The minimum Gasteiger partial charge on any atom is -0.454 e. The zero-order valence-corrected chi connectivity index (χ0v) is 8.89. The first kappa shape index (κ1) is 9.74. The Morgan fingerprint density at radius 2 is 2.29 bits per heavy atom. The Morgan fingerprint density at radius 3 is 2.93 bits per heavy atom. The lowest BCUT2D eigenvalue weighted by Crippen LogP contribution is -1.96. The Labute approximate surface area is 91.0 Å². The molecule has 1 aromatic heterocycles. The highest BCUT2D eigenvalue weighted by molar-refractivity contribution is 6.42. The fourth-order valence-corrected chi connectivity index (χ4v) is 1.92. The van der Waals surface area contributed by atoms with Crippen LogP contribution in [-0.4, -0.2) is 11.0 Å². The normalized spacial score (nSPS) is 19.4. The maximum atomic E-state index is 11.3. The number of carbonyl (C=O) groups is 1. The molecular formula is C9H7Cl2NO2. The lowest BCUT2D eigenvalue weighted by molar-refractivity contribution is 0.0378. The van der Waals surface area contributed by atoms with Crippen molar-refractivity contribution >= 4 is 29.2 Å². The highest BCUT2D eigenvalue weighted by Crippen LogP contribution is 2.39. The predicted molar refractivity (Wildman–Crippen MR) is 52.7 cm³/mol. The number of hydrogen-bond acceptors (Lipinski definition) is 3. The van der Waals surface area contributed by atoms with E-state index in [1.54, 1.807) is 0 Å². The summed E-state index contributed by atoms with van der Waals surface area (Å²) in [5.74, 6) is -0.377. The summed E-state index contributed by atoms with van der Waals surface area (Å²) in [6, 6.07) is 0. The molecule has 1 aliphatic rings. The third kappa shape index (κ3) is 1.28. The molecule has 0 aromatic carbocycles. The summed E-state index contributed by atoms with van der Waals surface area (Å²) in [6.45, 7) is 1.91. The maximum Gasteiger partial charge on any atom is 0.340 e. The largest absolute Gasteiger partial charge is 0.454 e. The Kier molecular flexibility index (Phi) is 2.37. The summed E-state index contributed by atoms with van der Waals surface area (Å²) in [6.07, 6.45) is 1.80. The lowest BCUT2D eigenvalue weighted by atomic mass is 10.1. The van der Waals surface area contributed by atoms with Crippen LogP contribution in [0.4, 0.5) is 0 Å². The number of halogens is 2. The van der Waals surface area contributed by atoms with Crippen LogP contribution in [0.3, 0.4) is 0 Å². The van der Waals surface area contributed by atoms with Gasteiger partial charge in [0.05, 0.1) is 10.6 Å². The first-order valence-electron chi connectivity index (χ1n) is 4.20. The van der Waals surface area contributed by atoms with E-state index in [9.17, 15) is 4.79 Å². The van der Waals surface area contributed by atoms with Gasteiger partial charge in [-0.25, -0.2) is 9.78 Å². The Balaban J connectivity index is 2.63. The van der Waals surface area contributed by atoms with E-state index < -0.39 is 0 Å². The van der Waals surface area contributed by atoms with Crippen molar-refractivity contribution in [2.24, 2.45) is 0 Å². The van der Waals surface area contributed by atoms with Crippen molar-refractivity contribution in [3.63, 3.8) is 0 Å². The molecule has 14 heavy (non-hydrogen) atoms. The molecule has 3 nitrogen and oxygen atoms in total. The Bertz CT molecular complexity index is 406. The maximum absolute atomic E-state index is 11.3. The first-order valence-corrected chi connectivity index (χ1v) is 4.95. The monoisotopic (exact) mass is 231 g/mol. The van der Waals surface area contributed by atoms with Crippen LogP contribution in [0, 0.1) is 0 Å². The Hall–Kier alpha value is -0.800. The first-order chi connectivity index (χ1) is 6.65. The molecule has 1 aromatic rings. The highest BCUT2D eigenvalue weighted by Gasteiger charge is 2.33. The van der Waals surface area contributed by atoms with E-state index in [1.165, 1.54) is 6.20 Å². The lowest BCUT2D eigenvalue weighted by Gasteiger charge is -2.08. The van der Waals surface area contributed by atoms with Crippen LogP contribution >= 0.6 is 23.2 Å². The van der Waals surface area contributed by atoms with E-state index in [1.807, 2.05) is 6.92 Å². The molecule has 1 atom stereocenters. The van der Waals surface area contributed by atoms with Crippen molar-refractivity contribution < 1.29 is 9.53 Å². The number of ether oxygens (including phenoxy) is 1. The van der Waals surface area contributed by atoms with Gasteiger partial charge in [0, 0.05) is 11.8 Å². The van der Waals surface area contributed by atoms with Gasteiger partial charge in [0.2, 0.25) is 0 Å².